The molecule has 134 valence electrons. The number of carbonyl (C=O) groups excluding carboxylic acids is 2. The van der Waals surface area contributed by atoms with Gasteiger partial charge in [0.15, 0.2) is 22.5 Å². The molecule has 1 amide bonds. The zero-order valence-electron chi connectivity index (χ0n) is 13.7. The van der Waals surface area contributed by atoms with Crippen molar-refractivity contribution in [2.45, 2.75) is 26.2 Å². The molecule has 2 aromatic rings. The number of carbonyl (C=O) groups is 2. The summed E-state index contributed by atoms with van der Waals surface area (Å²) >= 11 is 1.09. The van der Waals surface area contributed by atoms with Crippen molar-refractivity contribution in [1.82, 2.24) is 4.98 Å². The van der Waals surface area contributed by atoms with Crippen molar-refractivity contribution in [3.8, 4) is 0 Å². The number of hydrogen-bond donors (Lipinski definition) is 1. The van der Waals surface area contributed by atoms with Gasteiger partial charge >= 0.3 is 5.97 Å². The summed E-state index contributed by atoms with van der Waals surface area (Å²) in [5.41, 5.74) is -0.193. The molecule has 25 heavy (non-hydrogen) atoms. The third kappa shape index (κ3) is 4.36. The van der Waals surface area contributed by atoms with Crippen molar-refractivity contribution < 1.29 is 27.5 Å². The summed E-state index contributed by atoms with van der Waals surface area (Å²) in [6, 6.07) is 1.01. The Bertz CT molecular complexity index is 821. The molecule has 0 radical (unpaired) electrons. The van der Waals surface area contributed by atoms with Gasteiger partial charge < -0.3 is 10.1 Å². The Kier molecular flexibility index (Phi) is 5.78. The van der Waals surface area contributed by atoms with Crippen molar-refractivity contribution in [3.05, 3.63) is 45.7 Å². The topological polar surface area (TPSA) is 68.3 Å². The normalized spacial score (nSPS) is 10.8. The van der Waals surface area contributed by atoms with Crippen LogP contribution in [0.15, 0.2) is 12.1 Å². The number of rotatable bonds is 5. The number of amides is 1. The lowest BCUT2D eigenvalue weighted by Crippen LogP contribution is -2.16. The van der Waals surface area contributed by atoms with E-state index in [1.807, 2.05) is 13.8 Å². The second-order valence-electron chi connectivity index (χ2n) is 5.46. The van der Waals surface area contributed by atoms with E-state index in [4.69, 9.17) is 0 Å². The molecule has 0 atom stereocenters. The summed E-state index contributed by atoms with van der Waals surface area (Å²) in [5, 5.41) is 2.56. The van der Waals surface area contributed by atoms with E-state index in [0.717, 1.165) is 11.3 Å². The molecule has 1 heterocycles. The van der Waals surface area contributed by atoms with Crippen LogP contribution in [0.1, 0.15) is 40.7 Å². The van der Waals surface area contributed by atoms with E-state index in [1.54, 1.807) is 0 Å². The predicted molar refractivity (Wildman–Crippen MR) is 86.2 cm³/mol. The number of halogens is 3. The Morgan fingerprint density at radius 2 is 1.84 bits per heavy atom. The molecule has 0 bridgehead atoms. The zero-order valence-corrected chi connectivity index (χ0v) is 14.5. The minimum absolute atomic E-state index is 0.0270. The summed E-state index contributed by atoms with van der Waals surface area (Å²) in [6.07, 6.45) is -0.507. The number of thiazole rings is 1. The Hall–Kier alpha value is -2.42. The fourth-order valence-corrected chi connectivity index (χ4v) is 3.03. The van der Waals surface area contributed by atoms with Crippen LogP contribution in [0, 0.1) is 17.5 Å². The van der Waals surface area contributed by atoms with Crippen LogP contribution in [0.4, 0.5) is 18.3 Å². The third-order valence-corrected chi connectivity index (χ3v) is 4.51. The maximum atomic E-state index is 13.6. The molecule has 0 saturated carbocycles. The van der Waals surface area contributed by atoms with Gasteiger partial charge in [0.2, 0.25) is 5.91 Å². The number of hydrogen-bond acceptors (Lipinski definition) is 5. The third-order valence-electron chi connectivity index (χ3n) is 3.24. The van der Waals surface area contributed by atoms with Gasteiger partial charge in [-0.1, -0.05) is 13.8 Å². The van der Waals surface area contributed by atoms with Crippen LogP contribution in [0.5, 0.6) is 0 Å². The molecular weight excluding hydrogens is 357 g/mol. The largest absolute Gasteiger partial charge is 0.464 e. The fourth-order valence-electron chi connectivity index (χ4n) is 2.06. The van der Waals surface area contributed by atoms with Gasteiger partial charge in [-0.25, -0.2) is 22.9 Å². The number of anilines is 1. The first-order valence-corrected chi connectivity index (χ1v) is 8.06. The van der Waals surface area contributed by atoms with E-state index in [0.29, 0.717) is 17.0 Å². The van der Waals surface area contributed by atoms with Crippen molar-refractivity contribution in [2.75, 3.05) is 12.4 Å². The van der Waals surface area contributed by atoms with E-state index in [2.05, 4.69) is 15.0 Å². The maximum absolute atomic E-state index is 13.6. The monoisotopic (exact) mass is 372 g/mol. The highest BCUT2D eigenvalue weighted by molar-refractivity contribution is 7.16. The van der Waals surface area contributed by atoms with Gasteiger partial charge in [-0.2, -0.15) is 0 Å². The number of benzene rings is 1. The van der Waals surface area contributed by atoms with Gasteiger partial charge in [-0.3, -0.25) is 4.79 Å². The highest BCUT2D eigenvalue weighted by Gasteiger charge is 2.22. The van der Waals surface area contributed by atoms with Gasteiger partial charge in [-0.05, 0) is 12.0 Å². The SMILES string of the molecule is COC(=O)c1nc(NC(=O)Cc2cc(F)c(F)cc2F)sc1C(C)C. The smallest absolute Gasteiger partial charge is 0.357 e. The Balaban J connectivity index is 2.18. The molecule has 2 rings (SSSR count). The second-order valence-corrected chi connectivity index (χ2v) is 6.49. The molecule has 0 fully saturated rings. The van der Waals surface area contributed by atoms with E-state index in [1.165, 1.54) is 7.11 Å². The summed E-state index contributed by atoms with van der Waals surface area (Å²) in [6.45, 7) is 3.70. The van der Waals surface area contributed by atoms with Crippen LogP contribution >= 0.6 is 11.3 Å². The van der Waals surface area contributed by atoms with Gasteiger partial charge in [0, 0.05) is 16.5 Å². The first kappa shape index (κ1) is 18.9. The summed E-state index contributed by atoms with van der Waals surface area (Å²) in [4.78, 5) is 28.4. The first-order valence-electron chi connectivity index (χ1n) is 7.25. The lowest BCUT2D eigenvalue weighted by molar-refractivity contribution is -0.115. The predicted octanol–water partition coefficient (Wildman–Crippen LogP) is 3.65. The number of methoxy groups -OCH3 is 1. The average Bonchev–Trinajstić information content (AvgIpc) is 2.95. The van der Waals surface area contributed by atoms with Crippen LogP contribution in [0.2, 0.25) is 0 Å². The molecule has 0 aliphatic heterocycles. The summed E-state index contributed by atoms with van der Waals surface area (Å²) < 4.78 is 44.3. The molecule has 0 spiro atoms. The number of nitrogens with one attached hydrogen (secondary N) is 1. The lowest BCUT2D eigenvalue weighted by Gasteiger charge is -2.04. The standard InChI is InChI=1S/C16H15F3N2O3S/c1-7(2)14-13(15(23)24-3)21-16(25-14)20-12(22)5-8-4-10(18)11(19)6-9(8)17/h4,6-7H,5H2,1-3H3,(H,20,21,22). The minimum Gasteiger partial charge on any atom is -0.464 e. The second kappa shape index (κ2) is 7.64. The Morgan fingerprint density at radius 3 is 2.44 bits per heavy atom. The fraction of sp³-hybridized carbons (Fsp3) is 0.312. The summed E-state index contributed by atoms with van der Waals surface area (Å²) in [7, 11) is 1.22. The van der Waals surface area contributed by atoms with E-state index >= 15 is 0 Å². The molecule has 1 aromatic carbocycles. The van der Waals surface area contributed by atoms with Gasteiger partial charge in [-0.15, -0.1) is 11.3 Å². The van der Waals surface area contributed by atoms with Gasteiger partial charge in [0.25, 0.3) is 0 Å². The summed E-state index contributed by atoms with van der Waals surface area (Å²) in [5.74, 6) is -4.93. The minimum atomic E-state index is -1.33. The van der Waals surface area contributed by atoms with E-state index in [9.17, 15) is 22.8 Å². The molecule has 0 saturated heterocycles. The van der Waals surface area contributed by atoms with Crippen molar-refractivity contribution in [1.29, 1.82) is 0 Å². The van der Waals surface area contributed by atoms with Crippen LogP contribution in [0.3, 0.4) is 0 Å². The van der Waals surface area contributed by atoms with Crippen molar-refractivity contribution in [2.24, 2.45) is 0 Å². The lowest BCUT2D eigenvalue weighted by atomic mass is 10.1. The number of ether oxygens (including phenoxy) is 1. The maximum Gasteiger partial charge on any atom is 0.357 e. The molecule has 0 aliphatic carbocycles. The average molecular weight is 372 g/mol. The van der Waals surface area contributed by atoms with Crippen LogP contribution in [-0.2, 0) is 16.0 Å². The quantitative estimate of drug-likeness (QED) is 0.643. The number of nitrogens with zero attached hydrogens (tertiary/aromatic N) is 1. The zero-order chi connectivity index (χ0) is 18.7. The van der Waals surface area contributed by atoms with E-state index < -0.39 is 35.7 Å². The van der Waals surface area contributed by atoms with Crippen molar-refractivity contribution in [3.63, 3.8) is 0 Å². The Morgan fingerprint density at radius 1 is 1.20 bits per heavy atom. The molecule has 5 nitrogen and oxygen atoms in total. The van der Waals surface area contributed by atoms with Crippen LogP contribution < -0.4 is 5.32 Å². The van der Waals surface area contributed by atoms with E-state index in [-0.39, 0.29) is 22.3 Å². The van der Waals surface area contributed by atoms with Gasteiger partial charge in [0.1, 0.15) is 5.82 Å². The Labute approximate surface area is 145 Å². The van der Waals surface area contributed by atoms with Crippen LogP contribution in [-0.4, -0.2) is 24.0 Å². The van der Waals surface area contributed by atoms with Gasteiger partial charge in [0.05, 0.1) is 13.5 Å². The molecule has 1 aromatic heterocycles. The first-order chi connectivity index (χ1) is 11.7. The number of aromatic nitrogens is 1. The molecule has 0 aliphatic rings. The molecular formula is C16H15F3N2O3S. The van der Waals surface area contributed by atoms with Crippen LogP contribution in [0.25, 0.3) is 0 Å². The highest BCUT2D eigenvalue weighted by atomic mass is 32.1. The molecule has 9 heteroatoms. The number of esters is 1. The molecule has 0 unspecified atom stereocenters. The molecule has 1 N–H and O–H groups in total. The van der Waals surface area contributed by atoms with Crippen molar-refractivity contribution >= 4 is 28.3 Å². The highest BCUT2D eigenvalue weighted by Crippen LogP contribution is 2.30.